The van der Waals surface area contributed by atoms with E-state index < -0.39 is 5.91 Å². The number of rotatable bonds is 8. The molecule has 4 aromatic rings. The van der Waals surface area contributed by atoms with Gasteiger partial charge >= 0.3 is 0 Å². The molecule has 0 saturated heterocycles. The van der Waals surface area contributed by atoms with Gasteiger partial charge in [-0.15, -0.1) is 0 Å². The minimum Gasteiger partial charge on any atom is -0.451 e. The molecule has 1 aromatic heterocycles. The van der Waals surface area contributed by atoms with Crippen molar-refractivity contribution in [3.8, 4) is 0 Å². The molecular weight excluding hydrogens is 539 g/mol. The highest BCUT2D eigenvalue weighted by Gasteiger charge is 2.19. The third-order valence-electron chi connectivity index (χ3n) is 5.28. The summed E-state index contributed by atoms with van der Waals surface area (Å²) in [5.74, 6) is -0.328. The van der Waals surface area contributed by atoms with Crippen LogP contribution in [0.5, 0.6) is 0 Å². The maximum absolute atomic E-state index is 13.3. The molecule has 0 aliphatic rings. The Kier molecular flexibility index (Phi) is 7.93. The molecule has 170 valence electrons. The Morgan fingerprint density at radius 1 is 0.794 bits per heavy atom. The van der Waals surface area contributed by atoms with Crippen LogP contribution in [0.25, 0.3) is 6.08 Å². The van der Waals surface area contributed by atoms with E-state index in [1.165, 1.54) is 0 Å². The first-order chi connectivity index (χ1) is 16.6. The second-order valence-electron chi connectivity index (χ2n) is 7.60. The average molecular weight is 562 g/mol. The highest BCUT2D eigenvalue weighted by Crippen LogP contribution is 2.24. The van der Waals surface area contributed by atoms with Crippen molar-refractivity contribution < 1.29 is 14.0 Å². The molecule has 0 saturated carbocycles. The van der Waals surface area contributed by atoms with Crippen LogP contribution in [-0.4, -0.2) is 18.4 Å². The quantitative estimate of drug-likeness (QED) is 0.217. The van der Waals surface area contributed by atoms with Crippen LogP contribution in [0.1, 0.15) is 33.2 Å². The first kappa shape index (κ1) is 23.5. The third kappa shape index (κ3) is 6.23. The first-order valence-corrected chi connectivity index (χ1v) is 11.9. The predicted molar refractivity (Wildman–Crippen MR) is 141 cm³/mol. The zero-order valence-corrected chi connectivity index (χ0v) is 20.4. The van der Waals surface area contributed by atoms with E-state index in [9.17, 15) is 9.59 Å². The van der Waals surface area contributed by atoms with Crippen molar-refractivity contribution in [2.75, 3.05) is 6.54 Å². The second kappa shape index (κ2) is 11.5. The molecule has 0 atom stereocenters. The summed E-state index contributed by atoms with van der Waals surface area (Å²) < 4.78 is 6.28. The van der Waals surface area contributed by atoms with Crippen LogP contribution in [0, 0.1) is 3.77 Å². The van der Waals surface area contributed by atoms with Crippen molar-refractivity contribution in [1.29, 1.82) is 0 Å². The molecular formula is C28H23IN2O3. The maximum Gasteiger partial charge on any atom is 0.267 e. The summed E-state index contributed by atoms with van der Waals surface area (Å²) in [5.41, 5.74) is 2.75. The molecule has 0 aliphatic heterocycles. The fourth-order valence-corrected chi connectivity index (χ4v) is 4.01. The average Bonchev–Trinajstić information content (AvgIpc) is 3.30. The van der Waals surface area contributed by atoms with Crippen molar-refractivity contribution >= 4 is 40.5 Å². The Morgan fingerprint density at radius 2 is 1.35 bits per heavy atom. The lowest BCUT2D eigenvalue weighted by Gasteiger charge is -2.19. The van der Waals surface area contributed by atoms with Gasteiger partial charge in [0, 0.05) is 24.1 Å². The van der Waals surface area contributed by atoms with Gasteiger partial charge in [-0.05, 0) is 58.0 Å². The first-order valence-electron chi connectivity index (χ1n) is 10.8. The molecule has 6 heteroatoms. The van der Waals surface area contributed by atoms with Gasteiger partial charge in [0.05, 0.1) is 0 Å². The molecule has 5 nitrogen and oxygen atoms in total. The zero-order valence-electron chi connectivity index (χ0n) is 18.3. The SMILES string of the molecule is O=C(NCC(c1ccccc1)c1ccccc1)C(=Cc1ccc(I)o1)NC(=O)c1ccccc1. The van der Waals surface area contributed by atoms with Crippen LogP contribution in [0.3, 0.4) is 0 Å². The van der Waals surface area contributed by atoms with E-state index in [1.807, 2.05) is 66.7 Å². The van der Waals surface area contributed by atoms with Gasteiger partial charge in [0.1, 0.15) is 11.5 Å². The predicted octanol–water partition coefficient (Wildman–Crippen LogP) is 5.60. The lowest BCUT2D eigenvalue weighted by Crippen LogP contribution is -2.37. The standard InChI is InChI=1S/C28H23IN2O3/c29-26-17-16-23(34-26)18-25(31-27(32)22-14-8-3-9-15-22)28(33)30-19-24(20-10-4-1-5-11-20)21-12-6-2-7-13-21/h1-18,24H,19H2,(H,30,33)(H,31,32). The van der Waals surface area contributed by atoms with E-state index in [2.05, 4.69) is 33.2 Å². The number of benzene rings is 3. The van der Waals surface area contributed by atoms with Gasteiger partial charge in [-0.1, -0.05) is 78.9 Å². The Bertz CT molecular complexity index is 1230. The van der Waals surface area contributed by atoms with Gasteiger partial charge in [0.15, 0.2) is 3.77 Å². The molecule has 0 fully saturated rings. The Hall–Kier alpha value is -3.65. The molecule has 3 aromatic carbocycles. The summed E-state index contributed by atoms with van der Waals surface area (Å²) in [5, 5.41) is 5.74. The van der Waals surface area contributed by atoms with Crippen LogP contribution in [0.4, 0.5) is 0 Å². The largest absolute Gasteiger partial charge is 0.451 e. The topological polar surface area (TPSA) is 71.3 Å². The maximum atomic E-state index is 13.3. The van der Waals surface area contributed by atoms with Gasteiger partial charge in [-0.2, -0.15) is 0 Å². The van der Waals surface area contributed by atoms with E-state index in [-0.39, 0.29) is 17.5 Å². The van der Waals surface area contributed by atoms with E-state index in [0.29, 0.717) is 21.6 Å². The molecule has 34 heavy (non-hydrogen) atoms. The van der Waals surface area contributed by atoms with Crippen molar-refractivity contribution in [1.82, 2.24) is 10.6 Å². The van der Waals surface area contributed by atoms with Gasteiger partial charge in [-0.25, -0.2) is 0 Å². The molecule has 0 unspecified atom stereocenters. The Balaban J connectivity index is 1.56. The van der Waals surface area contributed by atoms with Crippen LogP contribution in [0.2, 0.25) is 0 Å². The molecule has 2 amide bonds. The minimum atomic E-state index is -0.396. The summed E-state index contributed by atoms with van der Waals surface area (Å²) in [7, 11) is 0. The number of nitrogens with one attached hydrogen (secondary N) is 2. The highest BCUT2D eigenvalue weighted by atomic mass is 127. The van der Waals surface area contributed by atoms with Crippen LogP contribution < -0.4 is 10.6 Å². The number of carbonyl (C=O) groups is 2. The van der Waals surface area contributed by atoms with Gasteiger partial charge in [0.2, 0.25) is 0 Å². The Labute approximate surface area is 212 Å². The molecule has 4 rings (SSSR count). The lowest BCUT2D eigenvalue weighted by atomic mass is 9.91. The number of hydrogen-bond acceptors (Lipinski definition) is 3. The second-order valence-corrected chi connectivity index (χ2v) is 8.67. The summed E-state index contributed by atoms with van der Waals surface area (Å²) in [6, 6.07) is 32.4. The summed E-state index contributed by atoms with van der Waals surface area (Å²) in [6.45, 7) is 0.362. The molecule has 0 spiro atoms. The molecule has 0 aliphatic carbocycles. The highest BCUT2D eigenvalue weighted by molar-refractivity contribution is 14.1. The fraction of sp³-hybridized carbons (Fsp3) is 0.0714. The van der Waals surface area contributed by atoms with Gasteiger partial charge in [0.25, 0.3) is 11.8 Å². The number of halogens is 1. The van der Waals surface area contributed by atoms with Crippen molar-refractivity contribution in [3.63, 3.8) is 0 Å². The van der Waals surface area contributed by atoms with E-state index in [4.69, 9.17) is 4.42 Å². The van der Waals surface area contributed by atoms with E-state index in [0.717, 1.165) is 11.1 Å². The third-order valence-corrected chi connectivity index (χ3v) is 5.86. The van der Waals surface area contributed by atoms with Crippen molar-refractivity contribution in [3.05, 3.63) is 135 Å². The van der Waals surface area contributed by atoms with Crippen LogP contribution in [-0.2, 0) is 4.79 Å². The molecule has 1 heterocycles. The van der Waals surface area contributed by atoms with Gasteiger partial charge in [-0.3, -0.25) is 9.59 Å². The summed E-state index contributed by atoms with van der Waals surface area (Å²) in [4.78, 5) is 26.0. The number of amides is 2. The normalized spacial score (nSPS) is 11.3. The smallest absolute Gasteiger partial charge is 0.267 e. The number of carbonyl (C=O) groups excluding carboxylic acids is 2. The van der Waals surface area contributed by atoms with E-state index in [1.54, 1.807) is 42.5 Å². The van der Waals surface area contributed by atoms with Gasteiger partial charge < -0.3 is 15.1 Å². The molecule has 0 bridgehead atoms. The summed E-state index contributed by atoms with van der Waals surface area (Å²) >= 11 is 2.05. The molecule has 0 radical (unpaired) electrons. The van der Waals surface area contributed by atoms with Crippen molar-refractivity contribution in [2.45, 2.75) is 5.92 Å². The van der Waals surface area contributed by atoms with Crippen LogP contribution in [0.15, 0.2) is 113 Å². The number of hydrogen-bond donors (Lipinski definition) is 2. The van der Waals surface area contributed by atoms with Crippen molar-refractivity contribution in [2.24, 2.45) is 0 Å². The zero-order chi connectivity index (χ0) is 23.8. The van der Waals surface area contributed by atoms with E-state index >= 15 is 0 Å². The Morgan fingerprint density at radius 3 is 1.88 bits per heavy atom. The lowest BCUT2D eigenvalue weighted by molar-refractivity contribution is -0.117. The monoisotopic (exact) mass is 562 g/mol. The molecule has 2 N–H and O–H groups in total. The number of furan rings is 1. The van der Waals surface area contributed by atoms with Crippen LogP contribution >= 0.6 is 22.6 Å². The summed E-state index contributed by atoms with van der Waals surface area (Å²) in [6.07, 6.45) is 1.54. The minimum absolute atomic E-state index is 0.0398. The fourth-order valence-electron chi connectivity index (χ4n) is 3.58.